The van der Waals surface area contributed by atoms with Gasteiger partial charge in [-0.2, -0.15) is 0 Å². The third-order valence-corrected chi connectivity index (χ3v) is 3.23. The maximum Gasteiger partial charge on any atom is 0.283 e. The van der Waals surface area contributed by atoms with E-state index < -0.39 is 22.9 Å². The lowest BCUT2D eigenvalue weighted by atomic mass is 10.3. The van der Waals surface area contributed by atoms with Crippen LogP contribution in [0.3, 0.4) is 0 Å². The molecule has 0 saturated carbocycles. The highest BCUT2D eigenvalue weighted by Gasteiger charge is 2.10. The Balaban J connectivity index is 0.000000307. The van der Waals surface area contributed by atoms with Crippen LogP contribution in [0.2, 0.25) is 0 Å². The SMILES string of the molecule is CCCOCCNC(=O)c1cccc(=O)n1O.NC(=O)c1cccc(=O)n1O. The molecular formula is C17H22N4O7. The van der Waals surface area contributed by atoms with Crippen molar-refractivity contribution in [2.24, 2.45) is 5.73 Å². The number of pyridine rings is 2. The molecule has 28 heavy (non-hydrogen) atoms. The molecular weight excluding hydrogens is 372 g/mol. The second-order valence-electron chi connectivity index (χ2n) is 5.35. The first-order valence-corrected chi connectivity index (χ1v) is 8.28. The number of primary amides is 1. The molecule has 0 atom stereocenters. The van der Waals surface area contributed by atoms with Gasteiger partial charge in [-0.3, -0.25) is 19.2 Å². The lowest BCUT2D eigenvalue weighted by molar-refractivity contribution is 0.0857. The fourth-order valence-electron chi connectivity index (χ4n) is 1.90. The average molecular weight is 394 g/mol. The topological polar surface area (TPSA) is 166 Å². The quantitative estimate of drug-likeness (QED) is 0.360. The molecule has 0 bridgehead atoms. The van der Waals surface area contributed by atoms with Crippen molar-refractivity contribution in [1.29, 1.82) is 0 Å². The van der Waals surface area contributed by atoms with Crippen molar-refractivity contribution >= 4 is 11.8 Å². The molecule has 0 spiro atoms. The second-order valence-corrected chi connectivity index (χ2v) is 5.35. The third-order valence-electron chi connectivity index (χ3n) is 3.23. The molecule has 0 fully saturated rings. The van der Waals surface area contributed by atoms with Crippen LogP contribution in [-0.4, -0.2) is 51.4 Å². The van der Waals surface area contributed by atoms with E-state index in [0.717, 1.165) is 12.5 Å². The number of nitrogens with zero attached hydrogens (tertiary/aromatic N) is 2. The molecule has 0 radical (unpaired) electrons. The molecule has 5 N–H and O–H groups in total. The Morgan fingerprint density at radius 2 is 1.54 bits per heavy atom. The number of rotatable bonds is 7. The summed E-state index contributed by atoms with van der Waals surface area (Å²) in [5, 5.41) is 20.7. The monoisotopic (exact) mass is 394 g/mol. The average Bonchev–Trinajstić information content (AvgIpc) is 2.66. The molecule has 2 aromatic rings. The number of carbonyl (C=O) groups is 2. The number of aromatic nitrogens is 2. The van der Waals surface area contributed by atoms with E-state index in [2.05, 4.69) is 5.32 Å². The standard InChI is InChI=1S/C11H16N2O4.C6H6N2O3/c1-2-7-17-8-6-12-11(15)9-4-3-5-10(14)13(9)16;7-6(10)4-2-1-3-5(9)8(4)11/h3-5,16H,2,6-8H2,1H3,(H,12,15);1-3,11H,(H2,7,10). The predicted molar refractivity (Wildman–Crippen MR) is 97.7 cm³/mol. The molecule has 0 aliphatic carbocycles. The highest BCUT2D eigenvalue weighted by molar-refractivity contribution is 5.92. The summed E-state index contributed by atoms with van der Waals surface area (Å²) in [5.41, 5.74) is 3.19. The molecule has 0 aliphatic rings. The van der Waals surface area contributed by atoms with Crippen LogP contribution in [0.5, 0.6) is 0 Å². The zero-order chi connectivity index (χ0) is 21.1. The van der Waals surface area contributed by atoms with Crippen LogP contribution in [0.1, 0.15) is 34.3 Å². The van der Waals surface area contributed by atoms with E-state index in [-0.39, 0.29) is 16.1 Å². The minimum absolute atomic E-state index is 0.0898. The number of nitrogens with two attached hydrogens (primary N) is 1. The van der Waals surface area contributed by atoms with Gasteiger partial charge >= 0.3 is 0 Å². The van der Waals surface area contributed by atoms with Crippen molar-refractivity contribution in [2.45, 2.75) is 13.3 Å². The first-order valence-electron chi connectivity index (χ1n) is 8.28. The Bertz CT molecular complexity index is 920. The molecule has 0 saturated heterocycles. The largest absolute Gasteiger partial charge is 0.425 e. The van der Waals surface area contributed by atoms with Crippen molar-refractivity contribution in [1.82, 2.24) is 14.8 Å². The zero-order valence-electron chi connectivity index (χ0n) is 15.2. The normalized spacial score (nSPS) is 9.89. The molecule has 2 heterocycles. The maximum absolute atomic E-state index is 11.6. The summed E-state index contributed by atoms with van der Waals surface area (Å²) in [6.45, 7) is 3.38. The molecule has 0 unspecified atom stereocenters. The third kappa shape index (κ3) is 6.61. The van der Waals surface area contributed by atoms with E-state index in [1.54, 1.807) is 0 Å². The van der Waals surface area contributed by atoms with Crippen molar-refractivity contribution in [3.8, 4) is 0 Å². The fourth-order valence-corrected chi connectivity index (χ4v) is 1.90. The van der Waals surface area contributed by atoms with E-state index in [1.165, 1.54) is 30.3 Å². The molecule has 0 aromatic carbocycles. The summed E-state index contributed by atoms with van der Waals surface area (Å²) in [6, 6.07) is 7.66. The molecule has 11 heteroatoms. The number of amides is 2. The van der Waals surface area contributed by atoms with Gasteiger partial charge in [0.05, 0.1) is 6.61 Å². The van der Waals surface area contributed by atoms with Crippen LogP contribution in [0, 0.1) is 0 Å². The van der Waals surface area contributed by atoms with Crippen molar-refractivity contribution in [3.63, 3.8) is 0 Å². The van der Waals surface area contributed by atoms with Gasteiger partial charge in [0.1, 0.15) is 11.4 Å². The summed E-state index contributed by atoms with van der Waals surface area (Å²) >= 11 is 0. The lowest BCUT2D eigenvalue weighted by Crippen LogP contribution is -2.32. The van der Waals surface area contributed by atoms with Crippen LogP contribution in [0.25, 0.3) is 0 Å². The zero-order valence-corrected chi connectivity index (χ0v) is 15.2. The van der Waals surface area contributed by atoms with Gasteiger partial charge in [0.2, 0.25) is 0 Å². The van der Waals surface area contributed by atoms with Gasteiger partial charge < -0.3 is 26.2 Å². The number of hydrogen-bond donors (Lipinski definition) is 4. The van der Waals surface area contributed by atoms with E-state index in [0.29, 0.717) is 24.5 Å². The Hall–Kier alpha value is -3.60. The van der Waals surface area contributed by atoms with Crippen molar-refractivity contribution in [2.75, 3.05) is 19.8 Å². The minimum atomic E-state index is -0.842. The number of nitrogens with one attached hydrogen (secondary N) is 1. The van der Waals surface area contributed by atoms with Crippen LogP contribution < -0.4 is 22.2 Å². The van der Waals surface area contributed by atoms with E-state index in [4.69, 9.17) is 15.7 Å². The Labute approximate surface area is 159 Å². The lowest BCUT2D eigenvalue weighted by Gasteiger charge is -2.07. The molecule has 2 amide bonds. The first kappa shape index (κ1) is 22.4. The smallest absolute Gasteiger partial charge is 0.283 e. The molecule has 152 valence electrons. The fraction of sp³-hybridized carbons (Fsp3) is 0.294. The number of hydrogen-bond acceptors (Lipinski definition) is 7. The van der Waals surface area contributed by atoms with Gasteiger partial charge in [-0.25, -0.2) is 0 Å². The summed E-state index contributed by atoms with van der Waals surface area (Å²) in [4.78, 5) is 43.8. The number of ether oxygens (including phenoxy) is 1. The molecule has 2 rings (SSSR count). The first-order chi connectivity index (χ1) is 13.3. The predicted octanol–water partition coefficient (Wildman–Crippen LogP) is -0.573. The van der Waals surface area contributed by atoms with Crippen LogP contribution in [0.15, 0.2) is 46.0 Å². The van der Waals surface area contributed by atoms with E-state index in [1.807, 2.05) is 6.92 Å². The second kappa shape index (κ2) is 11.2. The van der Waals surface area contributed by atoms with Gasteiger partial charge in [0.15, 0.2) is 0 Å². The summed E-state index contributed by atoms with van der Waals surface area (Å²) in [6.07, 6.45) is 0.919. The van der Waals surface area contributed by atoms with Gasteiger partial charge in [-0.05, 0) is 18.6 Å². The van der Waals surface area contributed by atoms with Crippen molar-refractivity contribution < 1.29 is 24.7 Å². The Morgan fingerprint density at radius 3 is 2.04 bits per heavy atom. The molecule has 11 nitrogen and oxygen atoms in total. The molecule has 0 aliphatic heterocycles. The highest BCUT2D eigenvalue weighted by atomic mass is 16.5. The summed E-state index contributed by atoms with van der Waals surface area (Å²) < 4.78 is 5.71. The van der Waals surface area contributed by atoms with Gasteiger partial charge in [0, 0.05) is 25.3 Å². The van der Waals surface area contributed by atoms with E-state index >= 15 is 0 Å². The molecule has 2 aromatic heterocycles. The Morgan fingerprint density at radius 1 is 1.00 bits per heavy atom. The van der Waals surface area contributed by atoms with Crippen LogP contribution >= 0.6 is 0 Å². The van der Waals surface area contributed by atoms with Crippen molar-refractivity contribution in [3.05, 3.63) is 68.5 Å². The van der Waals surface area contributed by atoms with Crippen LogP contribution in [0.4, 0.5) is 0 Å². The maximum atomic E-state index is 11.6. The van der Waals surface area contributed by atoms with Crippen LogP contribution in [-0.2, 0) is 4.74 Å². The summed E-state index contributed by atoms with van der Waals surface area (Å²) in [7, 11) is 0. The van der Waals surface area contributed by atoms with E-state index in [9.17, 15) is 24.4 Å². The summed E-state index contributed by atoms with van der Waals surface area (Å²) in [5.74, 6) is -1.35. The highest BCUT2D eigenvalue weighted by Crippen LogP contribution is 1.93. The number of carbonyl (C=O) groups excluding carboxylic acids is 2. The Kier molecular flexibility index (Phi) is 8.96. The van der Waals surface area contributed by atoms with Gasteiger partial charge in [0.25, 0.3) is 22.9 Å². The van der Waals surface area contributed by atoms with Gasteiger partial charge in [-0.1, -0.05) is 19.1 Å². The van der Waals surface area contributed by atoms with Gasteiger partial charge in [-0.15, -0.1) is 9.46 Å². The minimum Gasteiger partial charge on any atom is -0.425 e.